The second kappa shape index (κ2) is 5.81. The molecule has 0 spiro atoms. The fraction of sp³-hybridized carbons (Fsp3) is 0.150. The number of anilines is 1. The summed E-state index contributed by atoms with van der Waals surface area (Å²) in [6, 6.07) is 14.0. The van der Waals surface area contributed by atoms with Crippen molar-refractivity contribution in [2.24, 2.45) is 0 Å². The van der Waals surface area contributed by atoms with Crippen molar-refractivity contribution in [2.75, 3.05) is 5.73 Å². The van der Waals surface area contributed by atoms with Gasteiger partial charge in [0.05, 0.1) is 5.56 Å². The van der Waals surface area contributed by atoms with Crippen LogP contribution in [0, 0.1) is 0 Å². The molecular weight excluding hydrogens is 346 g/mol. The Hall–Kier alpha value is -2.92. The summed E-state index contributed by atoms with van der Waals surface area (Å²) < 4.78 is 2.02. The first-order chi connectivity index (χ1) is 12.7. The summed E-state index contributed by atoms with van der Waals surface area (Å²) >= 11 is 6.17. The summed E-state index contributed by atoms with van der Waals surface area (Å²) in [4.78, 5) is 13.5. The average molecular weight is 362 g/mol. The van der Waals surface area contributed by atoms with Crippen LogP contribution in [0.1, 0.15) is 17.5 Å². The Balaban J connectivity index is 1.83. The first kappa shape index (κ1) is 15.3. The van der Waals surface area contributed by atoms with E-state index in [1.54, 1.807) is 12.3 Å². The molecule has 1 aliphatic rings. The minimum atomic E-state index is 0.436. The van der Waals surface area contributed by atoms with E-state index in [1.807, 2.05) is 22.8 Å². The quantitative estimate of drug-likeness (QED) is 0.543. The van der Waals surface area contributed by atoms with E-state index in [0.29, 0.717) is 16.6 Å². The summed E-state index contributed by atoms with van der Waals surface area (Å²) in [5.74, 6) is 1.16. The second-order valence-electron chi connectivity index (χ2n) is 6.49. The Morgan fingerprint density at radius 3 is 2.77 bits per heavy atom. The molecule has 5 nitrogen and oxygen atoms in total. The van der Waals surface area contributed by atoms with Gasteiger partial charge in [0.1, 0.15) is 16.5 Å². The molecule has 0 saturated heterocycles. The molecule has 0 aliphatic heterocycles. The molecule has 3 heterocycles. The van der Waals surface area contributed by atoms with E-state index in [1.165, 1.54) is 17.5 Å². The van der Waals surface area contributed by atoms with E-state index in [9.17, 15) is 0 Å². The van der Waals surface area contributed by atoms with E-state index in [2.05, 4.69) is 28.2 Å². The highest BCUT2D eigenvalue weighted by molar-refractivity contribution is 6.29. The summed E-state index contributed by atoms with van der Waals surface area (Å²) in [7, 11) is 0. The highest BCUT2D eigenvalue weighted by atomic mass is 35.5. The maximum absolute atomic E-state index is 6.17. The van der Waals surface area contributed by atoms with Gasteiger partial charge in [0.2, 0.25) is 0 Å². The highest BCUT2D eigenvalue weighted by Crippen LogP contribution is 2.32. The number of nitrogens with two attached hydrogens (primary N) is 1. The summed E-state index contributed by atoms with van der Waals surface area (Å²) in [6.45, 7) is 0. The van der Waals surface area contributed by atoms with Crippen LogP contribution >= 0.6 is 11.6 Å². The van der Waals surface area contributed by atoms with Crippen LogP contribution in [0.15, 0.2) is 48.7 Å². The Kier molecular flexibility index (Phi) is 3.43. The first-order valence-corrected chi connectivity index (χ1v) is 8.96. The van der Waals surface area contributed by atoms with Gasteiger partial charge in [-0.05, 0) is 66.8 Å². The molecule has 0 atom stereocenters. The van der Waals surface area contributed by atoms with Gasteiger partial charge in [-0.25, -0.2) is 15.0 Å². The minimum Gasteiger partial charge on any atom is -0.383 e. The van der Waals surface area contributed by atoms with Crippen LogP contribution in [0.3, 0.4) is 0 Å². The van der Waals surface area contributed by atoms with Crippen LogP contribution in [-0.4, -0.2) is 19.5 Å². The first-order valence-electron chi connectivity index (χ1n) is 8.59. The van der Waals surface area contributed by atoms with E-state index in [-0.39, 0.29) is 0 Å². The minimum absolute atomic E-state index is 0.436. The van der Waals surface area contributed by atoms with Crippen molar-refractivity contribution < 1.29 is 0 Å². The SMILES string of the molecule is Nc1ncccc1-c1nc2ccc(Cl)nc2n1-c1ccc2c(c1)CCC2. The third kappa shape index (κ3) is 2.35. The van der Waals surface area contributed by atoms with Crippen LogP contribution in [0.5, 0.6) is 0 Å². The molecule has 0 fully saturated rings. The lowest BCUT2D eigenvalue weighted by molar-refractivity contribution is 0.911. The van der Waals surface area contributed by atoms with Gasteiger partial charge in [-0.15, -0.1) is 0 Å². The molecule has 0 amide bonds. The smallest absolute Gasteiger partial charge is 0.166 e. The van der Waals surface area contributed by atoms with E-state index in [4.69, 9.17) is 22.3 Å². The number of nitrogens with zero attached hydrogens (tertiary/aromatic N) is 4. The highest BCUT2D eigenvalue weighted by Gasteiger charge is 2.19. The lowest BCUT2D eigenvalue weighted by Gasteiger charge is -2.11. The lowest BCUT2D eigenvalue weighted by atomic mass is 10.1. The van der Waals surface area contributed by atoms with Crippen LogP contribution in [-0.2, 0) is 12.8 Å². The van der Waals surface area contributed by atoms with Crippen molar-refractivity contribution >= 4 is 28.6 Å². The monoisotopic (exact) mass is 361 g/mol. The predicted molar refractivity (Wildman–Crippen MR) is 104 cm³/mol. The number of halogens is 1. The number of rotatable bonds is 2. The number of nitrogen functional groups attached to an aromatic ring is 1. The van der Waals surface area contributed by atoms with Gasteiger partial charge < -0.3 is 5.73 Å². The molecule has 1 aliphatic carbocycles. The maximum atomic E-state index is 6.17. The molecule has 6 heteroatoms. The number of pyridine rings is 2. The van der Waals surface area contributed by atoms with Gasteiger partial charge in [0.15, 0.2) is 11.5 Å². The molecule has 26 heavy (non-hydrogen) atoms. The molecule has 0 unspecified atom stereocenters. The Morgan fingerprint density at radius 2 is 1.88 bits per heavy atom. The summed E-state index contributed by atoms with van der Waals surface area (Å²) in [5, 5.41) is 0.436. The molecule has 1 aromatic carbocycles. The number of aryl methyl sites for hydroxylation is 2. The molecule has 0 bridgehead atoms. The van der Waals surface area contributed by atoms with Crippen molar-refractivity contribution in [3.05, 3.63) is 64.9 Å². The van der Waals surface area contributed by atoms with Gasteiger partial charge in [-0.1, -0.05) is 17.7 Å². The van der Waals surface area contributed by atoms with Crippen LogP contribution in [0.25, 0.3) is 28.2 Å². The Labute approximate surface area is 155 Å². The predicted octanol–water partition coefficient (Wildman–Crippen LogP) is 4.21. The zero-order chi connectivity index (χ0) is 17.7. The zero-order valence-corrected chi connectivity index (χ0v) is 14.7. The van der Waals surface area contributed by atoms with Crippen molar-refractivity contribution in [2.45, 2.75) is 19.3 Å². The van der Waals surface area contributed by atoms with Crippen LogP contribution < -0.4 is 5.73 Å². The average Bonchev–Trinajstić information content (AvgIpc) is 3.25. The lowest BCUT2D eigenvalue weighted by Crippen LogP contribution is -2.02. The molecule has 0 saturated carbocycles. The van der Waals surface area contributed by atoms with Crippen LogP contribution in [0.2, 0.25) is 5.15 Å². The van der Waals surface area contributed by atoms with Gasteiger partial charge >= 0.3 is 0 Å². The number of benzene rings is 1. The summed E-state index contributed by atoms with van der Waals surface area (Å²) in [5.41, 5.74) is 12.2. The van der Waals surface area contributed by atoms with E-state index in [0.717, 1.165) is 35.4 Å². The molecule has 128 valence electrons. The van der Waals surface area contributed by atoms with Gasteiger partial charge in [0, 0.05) is 11.9 Å². The molecule has 0 radical (unpaired) electrons. The fourth-order valence-electron chi connectivity index (χ4n) is 3.66. The van der Waals surface area contributed by atoms with E-state index >= 15 is 0 Å². The largest absolute Gasteiger partial charge is 0.383 e. The Morgan fingerprint density at radius 1 is 1.00 bits per heavy atom. The normalized spacial score (nSPS) is 13.3. The number of hydrogen-bond acceptors (Lipinski definition) is 4. The second-order valence-corrected chi connectivity index (χ2v) is 6.88. The number of imidazole rings is 1. The molecular formula is C20H16ClN5. The van der Waals surface area contributed by atoms with Gasteiger partial charge in [0.25, 0.3) is 0 Å². The standard InChI is InChI=1S/C20H16ClN5/c21-17-9-8-16-20(25-17)26(14-7-6-12-3-1-4-13(12)11-14)19(24-16)15-5-2-10-23-18(15)22/h2,5-11H,1,3-4H2,(H2,22,23). The third-order valence-corrected chi connectivity index (χ3v) is 5.10. The number of hydrogen-bond donors (Lipinski definition) is 1. The van der Waals surface area contributed by atoms with E-state index < -0.39 is 0 Å². The topological polar surface area (TPSA) is 69.6 Å². The van der Waals surface area contributed by atoms with Gasteiger partial charge in [-0.2, -0.15) is 0 Å². The molecule has 4 aromatic rings. The summed E-state index contributed by atoms with van der Waals surface area (Å²) in [6.07, 6.45) is 5.13. The van der Waals surface area contributed by atoms with Crippen molar-refractivity contribution in [1.82, 2.24) is 19.5 Å². The van der Waals surface area contributed by atoms with Crippen molar-refractivity contribution in [3.8, 4) is 17.1 Å². The van der Waals surface area contributed by atoms with Gasteiger partial charge in [-0.3, -0.25) is 4.57 Å². The zero-order valence-electron chi connectivity index (χ0n) is 14.0. The molecule has 2 N–H and O–H groups in total. The third-order valence-electron chi connectivity index (χ3n) is 4.89. The molecule has 5 rings (SSSR count). The fourth-order valence-corrected chi connectivity index (χ4v) is 3.81. The Bertz CT molecular complexity index is 1150. The maximum Gasteiger partial charge on any atom is 0.166 e. The number of aromatic nitrogens is 4. The van der Waals surface area contributed by atoms with Crippen LogP contribution in [0.4, 0.5) is 5.82 Å². The number of fused-ring (bicyclic) bond motifs is 2. The van der Waals surface area contributed by atoms with Crippen molar-refractivity contribution in [1.29, 1.82) is 0 Å². The van der Waals surface area contributed by atoms with Crippen molar-refractivity contribution in [3.63, 3.8) is 0 Å². The molecule has 3 aromatic heterocycles.